The van der Waals surface area contributed by atoms with E-state index in [9.17, 15) is 10.2 Å². The number of nitrogen functional groups attached to an aromatic ring is 1. The number of benzene rings is 1. The molecule has 1 aliphatic heterocycles. The first-order valence-corrected chi connectivity index (χ1v) is 5.63. The first-order valence-electron chi connectivity index (χ1n) is 5.63. The fourth-order valence-corrected chi connectivity index (χ4v) is 2.14. The van der Waals surface area contributed by atoms with E-state index < -0.39 is 0 Å². The lowest BCUT2D eigenvalue weighted by Gasteiger charge is -2.30. The molecule has 1 atom stereocenters. The van der Waals surface area contributed by atoms with Gasteiger partial charge in [0.15, 0.2) is 0 Å². The summed E-state index contributed by atoms with van der Waals surface area (Å²) in [7, 11) is 0. The third kappa shape index (κ3) is 2.65. The van der Waals surface area contributed by atoms with E-state index in [-0.39, 0.29) is 11.9 Å². The minimum atomic E-state index is -0.205. The number of phenolic OH excluding ortho intramolecular Hbond substituents is 1. The van der Waals surface area contributed by atoms with Gasteiger partial charge in [0.05, 0.1) is 11.8 Å². The molecule has 1 fully saturated rings. The second kappa shape index (κ2) is 4.72. The first kappa shape index (κ1) is 11.2. The van der Waals surface area contributed by atoms with Gasteiger partial charge in [-0.05, 0) is 37.1 Å². The van der Waals surface area contributed by atoms with Crippen LogP contribution in [-0.2, 0) is 6.54 Å². The van der Waals surface area contributed by atoms with Crippen LogP contribution in [0.25, 0.3) is 0 Å². The van der Waals surface area contributed by atoms with Gasteiger partial charge in [-0.15, -0.1) is 0 Å². The zero-order valence-corrected chi connectivity index (χ0v) is 9.26. The lowest BCUT2D eigenvalue weighted by molar-refractivity contribution is 0.0668. The van der Waals surface area contributed by atoms with E-state index in [1.165, 1.54) is 0 Å². The number of likely N-dealkylation sites (tertiary alicyclic amines) is 1. The molecular formula is C12H18N2O2. The molecule has 1 aromatic rings. The molecule has 1 heterocycles. The van der Waals surface area contributed by atoms with Crippen LogP contribution in [0, 0.1) is 0 Å². The van der Waals surface area contributed by atoms with Crippen molar-refractivity contribution in [3.05, 3.63) is 23.8 Å². The summed E-state index contributed by atoms with van der Waals surface area (Å²) >= 11 is 0. The summed E-state index contributed by atoms with van der Waals surface area (Å²) < 4.78 is 0. The van der Waals surface area contributed by atoms with Gasteiger partial charge in [0.2, 0.25) is 0 Å². The molecule has 4 N–H and O–H groups in total. The minimum absolute atomic E-state index is 0.127. The van der Waals surface area contributed by atoms with E-state index in [0.29, 0.717) is 5.69 Å². The molecule has 1 aromatic carbocycles. The van der Waals surface area contributed by atoms with E-state index in [1.807, 2.05) is 6.07 Å². The number of nitrogens with zero attached hydrogens (tertiary/aromatic N) is 1. The van der Waals surface area contributed by atoms with E-state index in [1.54, 1.807) is 12.1 Å². The Balaban J connectivity index is 2.00. The van der Waals surface area contributed by atoms with Crippen molar-refractivity contribution in [1.29, 1.82) is 0 Å². The highest BCUT2D eigenvalue weighted by Crippen LogP contribution is 2.22. The standard InChI is InChI=1S/C12H18N2O2/c13-11-6-9(3-4-12(11)16)7-14-5-1-2-10(15)8-14/h3-4,6,10,15-16H,1-2,5,7-8,13H2. The maximum absolute atomic E-state index is 9.55. The molecule has 88 valence electrons. The number of phenols is 1. The summed E-state index contributed by atoms with van der Waals surface area (Å²) in [5.74, 6) is 0.127. The normalized spacial score (nSPS) is 22.2. The van der Waals surface area contributed by atoms with E-state index in [0.717, 1.165) is 38.0 Å². The third-order valence-corrected chi connectivity index (χ3v) is 2.98. The number of hydrogen-bond donors (Lipinski definition) is 3. The molecule has 0 bridgehead atoms. The van der Waals surface area contributed by atoms with Gasteiger partial charge in [-0.1, -0.05) is 6.07 Å². The number of aliphatic hydroxyl groups excluding tert-OH is 1. The summed E-state index contributed by atoms with van der Waals surface area (Å²) in [6.07, 6.45) is 1.73. The number of rotatable bonds is 2. The molecule has 2 rings (SSSR count). The Morgan fingerprint density at radius 1 is 1.44 bits per heavy atom. The smallest absolute Gasteiger partial charge is 0.138 e. The fourth-order valence-electron chi connectivity index (χ4n) is 2.14. The van der Waals surface area contributed by atoms with Crippen LogP contribution in [0.15, 0.2) is 18.2 Å². The monoisotopic (exact) mass is 222 g/mol. The fraction of sp³-hybridized carbons (Fsp3) is 0.500. The summed E-state index contributed by atoms with van der Waals surface area (Å²) in [5, 5.41) is 18.9. The zero-order valence-electron chi connectivity index (χ0n) is 9.26. The Labute approximate surface area is 95.3 Å². The molecule has 1 saturated heterocycles. The van der Waals surface area contributed by atoms with Gasteiger partial charge in [0, 0.05) is 13.1 Å². The maximum atomic E-state index is 9.55. The molecule has 0 spiro atoms. The highest BCUT2D eigenvalue weighted by atomic mass is 16.3. The number of hydrogen-bond acceptors (Lipinski definition) is 4. The van der Waals surface area contributed by atoms with Crippen molar-refractivity contribution in [3.8, 4) is 5.75 Å². The molecule has 4 heteroatoms. The molecule has 4 nitrogen and oxygen atoms in total. The van der Waals surface area contributed by atoms with E-state index >= 15 is 0 Å². The van der Waals surface area contributed by atoms with Gasteiger partial charge in [0.1, 0.15) is 5.75 Å². The first-order chi connectivity index (χ1) is 7.65. The Morgan fingerprint density at radius 2 is 2.25 bits per heavy atom. The van der Waals surface area contributed by atoms with Crippen molar-refractivity contribution in [2.45, 2.75) is 25.5 Å². The maximum Gasteiger partial charge on any atom is 0.138 e. The molecule has 0 aromatic heterocycles. The SMILES string of the molecule is Nc1cc(CN2CCCC(O)C2)ccc1O. The zero-order chi connectivity index (χ0) is 11.5. The molecular weight excluding hydrogens is 204 g/mol. The predicted molar refractivity (Wildman–Crippen MR) is 63.0 cm³/mol. The number of β-amino-alcohol motifs (C(OH)–C–C–N with tert-alkyl or cyclic N) is 1. The number of aliphatic hydroxyl groups is 1. The Morgan fingerprint density at radius 3 is 2.94 bits per heavy atom. The van der Waals surface area contributed by atoms with Crippen LogP contribution in [0.1, 0.15) is 18.4 Å². The van der Waals surface area contributed by atoms with Crippen LogP contribution in [0.2, 0.25) is 0 Å². The van der Waals surface area contributed by atoms with Crippen molar-refractivity contribution < 1.29 is 10.2 Å². The number of piperidine rings is 1. The molecule has 0 amide bonds. The average Bonchev–Trinajstić information content (AvgIpc) is 2.24. The van der Waals surface area contributed by atoms with Crippen LogP contribution in [-0.4, -0.2) is 34.3 Å². The largest absolute Gasteiger partial charge is 0.506 e. The molecule has 1 aliphatic rings. The molecule has 0 saturated carbocycles. The van der Waals surface area contributed by atoms with Crippen LogP contribution in [0.5, 0.6) is 5.75 Å². The van der Waals surface area contributed by atoms with Gasteiger partial charge >= 0.3 is 0 Å². The van der Waals surface area contributed by atoms with E-state index in [4.69, 9.17) is 5.73 Å². The second-order valence-corrected chi connectivity index (χ2v) is 4.42. The third-order valence-electron chi connectivity index (χ3n) is 2.98. The van der Waals surface area contributed by atoms with Crippen molar-refractivity contribution in [1.82, 2.24) is 4.90 Å². The van der Waals surface area contributed by atoms with Gasteiger partial charge in [-0.2, -0.15) is 0 Å². The molecule has 0 aliphatic carbocycles. The minimum Gasteiger partial charge on any atom is -0.506 e. The van der Waals surface area contributed by atoms with Crippen LogP contribution in [0.3, 0.4) is 0 Å². The van der Waals surface area contributed by atoms with Crippen molar-refractivity contribution >= 4 is 5.69 Å². The van der Waals surface area contributed by atoms with Crippen LogP contribution < -0.4 is 5.73 Å². The summed E-state index contributed by atoms with van der Waals surface area (Å²) in [4.78, 5) is 2.21. The second-order valence-electron chi connectivity index (χ2n) is 4.42. The quantitative estimate of drug-likeness (QED) is 0.514. The topological polar surface area (TPSA) is 69.7 Å². The molecule has 0 radical (unpaired) electrons. The van der Waals surface area contributed by atoms with Crippen molar-refractivity contribution in [2.75, 3.05) is 18.8 Å². The summed E-state index contributed by atoms with van der Waals surface area (Å²) in [6, 6.07) is 5.27. The van der Waals surface area contributed by atoms with Crippen molar-refractivity contribution in [2.24, 2.45) is 0 Å². The summed E-state index contributed by atoms with van der Waals surface area (Å²) in [6.45, 7) is 2.51. The lowest BCUT2D eigenvalue weighted by Crippen LogP contribution is -2.37. The Bertz CT molecular complexity index is 368. The van der Waals surface area contributed by atoms with Crippen LogP contribution >= 0.6 is 0 Å². The lowest BCUT2D eigenvalue weighted by atomic mass is 10.1. The van der Waals surface area contributed by atoms with Gasteiger partial charge in [0.25, 0.3) is 0 Å². The molecule has 16 heavy (non-hydrogen) atoms. The number of anilines is 1. The number of nitrogens with two attached hydrogens (primary N) is 1. The van der Waals surface area contributed by atoms with E-state index in [2.05, 4.69) is 4.90 Å². The van der Waals surface area contributed by atoms with Gasteiger partial charge < -0.3 is 15.9 Å². The average molecular weight is 222 g/mol. The Kier molecular flexibility index (Phi) is 3.31. The Hall–Kier alpha value is -1.26. The predicted octanol–water partition coefficient (Wildman–Crippen LogP) is 0.931. The van der Waals surface area contributed by atoms with Gasteiger partial charge in [-0.25, -0.2) is 0 Å². The molecule has 1 unspecified atom stereocenters. The van der Waals surface area contributed by atoms with Crippen molar-refractivity contribution in [3.63, 3.8) is 0 Å². The van der Waals surface area contributed by atoms with Crippen LogP contribution in [0.4, 0.5) is 5.69 Å². The highest BCUT2D eigenvalue weighted by molar-refractivity contribution is 5.53. The summed E-state index contributed by atoms with van der Waals surface area (Å²) in [5.41, 5.74) is 7.12. The highest BCUT2D eigenvalue weighted by Gasteiger charge is 2.17. The van der Waals surface area contributed by atoms with Gasteiger partial charge in [-0.3, -0.25) is 4.90 Å². The number of aromatic hydroxyl groups is 1.